The van der Waals surface area contributed by atoms with E-state index >= 15 is 0 Å². The summed E-state index contributed by atoms with van der Waals surface area (Å²) in [6.07, 6.45) is 2.90. The third kappa shape index (κ3) is 2.79. The summed E-state index contributed by atoms with van der Waals surface area (Å²) in [5.41, 5.74) is 0.661. The summed E-state index contributed by atoms with van der Waals surface area (Å²) in [6, 6.07) is 2.14. The average molecular weight is 232 g/mol. The topological polar surface area (TPSA) is 28.2 Å². The van der Waals surface area contributed by atoms with Crippen LogP contribution in [0.25, 0.3) is 0 Å². The van der Waals surface area contributed by atoms with Crippen molar-refractivity contribution in [3.05, 3.63) is 24.3 Å². The Morgan fingerprint density at radius 1 is 1.60 bits per heavy atom. The van der Waals surface area contributed by atoms with Crippen molar-refractivity contribution < 1.29 is 4.39 Å². The van der Waals surface area contributed by atoms with Crippen molar-refractivity contribution in [1.29, 1.82) is 0 Å². The van der Waals surface area contributed by atoms with Crippen LogP contribution < -0.4 is 10.2 Å². The Morgan fingerprint density at radius 2 is 2.40 bits per heavy atom. The highest BCUT2D eigenvalue weighted by atomic mass is 35.5. The van der Waals surface area contributed by atoms with Gasteiger partial charge in [-0.25, -0.2) is 4.39 Å². The zero-order chi connectivity index (χ0) is 9.97. The summed E-state index contributed by atoms with van der Waals surface area (Å²) < 4.78 is 13.4. The predicted octanol–water partition coefficient (Wildman–Crippen LogP) is 1.44. The molecule has 1 aromatic heterocycles. The highest BCUT2D eigenvalue weighted by Crippen LogP contribution is 2.18. The smallest absolute Gasteiger partial charge is 0.164 e. The maximum Gasteiger partial charge on any atom is 0.164 e. The SMILES string of the molecule is C[C@@H]1CN(c2ccncc2F)CCN1.Cl. The molecule has 1 atom stereocenters. The van der Waals surface area contributed by atoms with Crippen LogP contribution in [0, 0.1) is 5.82 Å². The fourth-order valence-electron chi connectivity index (χ4n) is 1.78. The molecular weight excluding hydrogens is 217 g/mol. The predicted molar refractivity (Wildman–Crippen MR) is 61.1 cm³/mol. The van der Waals surface area contributed by atoms with Crippen molar-refractivity contribution in [2.45, 2.75) is 13.0 Å². The van der Waals surface area contributed by atoms with Gasteiger partial charge in [0.2, 0.25) is 0 Å². The fourth-order valence-corrected chi connectivity index (χ4v) is 1.78. The van der Waals surface area contributed by atoms with Gasteiger partial charge in [-0.2, -0.15) is 0 Å². The highest BCUT2D eigenvalue weighted by Gasteiger charge is 2.18. The van der Waals surface area contributed by atoms with Gasteiger partial charge in [0.05, 0.1) is 11.9 Å². The van der Waals surface area contributed by atoms with Crippen LogP contribution in [-0.2, 0) is 0 Å². The zero-order valence-corrected chi connectivity index (χ0v) is 9.43. The third-order valence-electron chi connectivity index (χ3n) is 2.46. The molecule has 1 N–H and O–H groups in total. The molecule has 5 heteroatoms. The number of pyridine rings is 1. The summed E-state index contributed by atoms with van der Waals surface area (Å²) in [7, 11) is 0. The van der Waals surface area contributed by atoms with E-state index in [-0.39, 0.29) is 18.2 Å². The van der Waals surface area contributed by atoms with Gasteiger partial charge < -0.3 is 10.2 Å². The van der Waals surface area contributed by atoms with Crippen molar-refractivity contribution in [1.82, 2.24) is 10.3 Å². The number of aromatic nitrogens is 1. The minimum absolute atomic E-state index is 0. The van der Waals surface area contributed by atoms with Gasteiger partial charge in [0.15, 0.2) is 5.82 Å². The van der Waals surface area contributed by atoms with E-state index in [2.05, 4.69) is 22.1 Å². The van der Waals surface area contributed by atoms with Gasteiger partial charge >= 0.3 is 0 Å². The number of rotatable bonds is 1. The molecule has 84 valence electrons. The highest BCUT2D eigenvalue weighted by molar-refractivity contribution is 5.85. The molecule has 0 amide bonds. The molecule has 0 radical (unpaired) electrons. The van der Waals surface area contributed by atoms with E-state index in [0.29, 0.717) is 11.7 Å². The number of halogens is 2. The average Bonchev–Trinajstić information content (AvgIpc) is 2.18. The van der Waals surface area contributed by atoms with Crippen LogP contribution in [0.1, 0.15) is 6.92 Å². The molecule has 15 heavy (non-hydrogen) atoms. The number of piperazine rings is 1. The minimum atomic E-state index is -0.235. The Balaban J connectivity index is 0.00000112. The van der Waals surface area contributed by atoms with Crippen molar-refractivity contribution in [3.8, 4) is 0 Å². The van der Waals surface area contributed by atoms with Gasteiger partial charge in [-0.15, -0.1) is 12.4 Å². The number of hydrogen-bond donors (Lipinski definition) is 1. The first-order valence-corrected chi connectivity index (χ1v) is 4.85. The Bertz CT molecular complexity index is 321. The Morgan fingerprint density at radius 3 is 3.07 bits per heavy atom. The van der Waals surface area contributed by atoms with Crippen LogP contribution in [0.5, 0.6) is 0 Å². The summed E-state index contributed by atoms with van der Waals surface area (Å²) in [5, 5.41) is 3.32. The Labute approximate surface area is 95.1 Å². The molecule has 1 fully saturated rings. The lowest BCUT2D eigenvalue weighted by molar-refractivity contribution is 0.478. The number of nitrogens with one attached hydrogen (secondary N) is 1. The van der Waals surface area contributed by atoms with Gasteiger partial charge in [0.25, 0.3) is 0 Å². The third-order valence-corrected chi connectivity index (χ3v) is 2.46. The van der Waals surface area contributed by atoms with E-state index in [1.807, 2.05) is 0 Å². The molecule has 1 aliphatic heterocycles. The lowest BCUT2D eigenvalue weighted by Gasteiger charge is -2.33. The van der Waals surface area contributed by atoms with E-state index in [9.17, 15) is 4.39 Å². The molecule has 1 aromatic rings. The lowest BCUT2D eigenvalue weighted by Crippen LogP contribution is -2.49. The maximum atomic E-state index is 13.4. The normalized spacial score (nSPS) is 20.9. The van der Waals surface area contributed by atoms with Crippen LogP contribution in [-0.4, -0.2) is 30.7 Å². The second-order valence-corrected chi connectivity index (χ2v) is 3.63. The summed E-state index contributed by atoms with van der Waals surface area (Å²) in [4.78, 5) is 5.80. The number of nitrogens with zero attached hydrogens (tertiary/aromatic N) is 2. The van der Waals surface area contributed by atoms with Crippen LogP contribution in [0.2, 0.25) is 0 Å². The molecule has 0 unspecified atom stereocenters. The van der Waals surface area contributed by atoms with E-state index in [1.54, 1.807) is 12.3 Å². The zero-order valence-electron chi connectivity index (χ0n) is 8.61. The van der Waals surface area contributed by atoms with Crippen LogP contribution in [0.4, 0.5) is 10.1 Å². The van der Waals surface area contributed by atoms with Crippen molar-refractivity contribution in [2.75, 3.05) is 24.5 Å². The van der Waals surface area contributed by atoms with Gasteiger partial charge in [-0.1, -0.05) is 0 Å². The van der Waals surface area contributed by atoms with Crippen molar-refractivity contribution in [3.63, 3.8) is 0 Å². The molecule has 0 aromatic carbocycles. The van der Waals surface area contributed by atoms with Gasteiger partial charge in [-0.3, -0.25) is 4.98 Å². The summed E-state index contributed by atoms with van der Waals surface area (Å²) in [6.45, 7) is 4.71. The second-order valence-electron chi connectivity index (χ2n) is 3.63. The second kappa shape index (κ2) is 5.28. The molecule has 0 spiro atoms. The molecule has 2 heterocycles. The molecule has 3 nitrogen and oxygen atoms in total. The van der Waals surface area contributed by atoms with E-state index in [4.69, 9.17) is 0 Å². The minimum Gasteiger partial charge on any atom is -0.366 e. The monoisotopic (exact) mass is 231 g/mol. The standard InChI is InChI=1S/C10H14FN3.ClH/c1-8-7-14(5-4-13-8)10-2-3-12-6-9(10)11;/h2-3,6,8,13H,4-5,7H2,1H3;1H/t8-;/m1./s1. The van der Waals surface area contributed by atoms with E-state index < -0.39 is 0 Å². The van der Waals surface area contributed by atoms with Crippen LogP contribution >= 0.6 is 12.4 Å². The first kappa shape index (κ1) is 12.2. The van der Waals surface area contributed by atoms with Crippen molar-refractivity contribution >= 4 is 18.1 Å². The van der Waals surface area contributed by atoms with E-state index in [0.717, 1.165) is 19.6 Å². The number of hydrogen-bond acceptors (Lipinski definition) is 3. The molecule has 1 saturated heterocycles. The maximum absolute atomic E-state index is 13.4. The quantitative estimate of drug-likeness (QED) is 0.793. The molecule has 0 aliphatic carbocycles. The number of anilines is 1. The van der Waals surface area contributed by atoms with Gasteiger partial charge in [-0.05, 0) is 13.0 Å². The molecule has 0 bridgehead atoms. The van der Waals surface area contributed by atoms with Crippen LogP contribution in [0.3, 0.4) is 0 Å². The molecule has 0 saturated carbocycles. The largest absolute Gasteiger partial charge is 0.366 e. The molecule has 2 rings (SSSR count). The van der Waals surface area contributed by atoms with Gasteiger partial charge in [0.1, 0.15) is 0 Å². The van der Waals surface area contributed by atoms with E-state index in [1.165, 1.54) is 6.20 Å². The fraction of sp³-hybridized carbons (Fsp3) is 0.500. The van der Waals surface area contributed by atoms with Crippen LogP contribution in [0.15, 0.2) is 18.5 Å². The molecular formula is C10H15ClFN3. The first-order chi connectivity index (χ1) is 6.77. The van der Waals surface area contributed by atoms with Crippen molar-refractivity contribution in [2.24, 2.45) is 0 Å². The summed E-state index contributed by atoms with van der Waals surface area (Å²) in [5.74, 6) is -0.235. The Hall–Kier alpha value is -0.870. The molecule has 1 aliphatic rings. The summed E-state index contributed by atoms with van der Waals surface area (Å²) >= 11 is 0. The lowest BCUT2D eigenvalue weighted by atomic mass is 10.2. The Kier molecular flexibility index (Phi) is 4.29. The first-order valence-electron chi connectivity index (χ1n) is 4.85. The van der Waals surface area contributed by atoms with Gasteiger partial charge in [0, 0.05) is 31.9 Å².